The maximum atomic E-state index is 4.11. The molecule has 0 N–H and O–H groups in total. The zero-order valence-electron chi connectivity index (χ0n) is 4.80. The molecule has 0 radical (unpaired) electrons. The summed E-state index contributed by atoms with van der Waals surface area (Å²) >= 11 is 4.27. The molecule has 0 aliphatic heterocycles. The Morgan fingerprint density at radius 1 is 1.56 bits per heavy atom. The van der Waals surface area contributed by atoms with Gasteiger partial charge in [-0.05, 0) is 6.92 Å². The Morgan fingerprint density at radius 3 is 2.44 bits per heavy atom. The van der Waals surface area contributed by atoms with Crippen molar-refractivity contribution in [3.63, 3.8) is 0 Å². The maximum Gasteiger partial charge on any atom is 0.212 e. The van der Waals surface area contributed by atoms with Crippen molar-refractivity contribution in [2.24, 2.45) is 0 Å². The molecule has 0 saturated heterocycles. The van der Waals surface area contributed by atoms with Crippen molar-refractivity contribution in [2.75, 3.05) is 0 Å². The summed E-state index contributed by atoms with van der Waals surface area (Å²) in [4.78, 5) is 4.11. The number of hydrogen-bond donors (Lipinski definition) is 0. The van der Waals surface area contributed by atoms with Crippen molar-refractivity contribution < 1.29 is 0 Å². The fraction of sp³-hybridized carbons (Fsp3) is 0.500. The van der Waals surface area contributed by atoms with E-state index in [1.54, 1.807) is 0 Å². The van der Waals surface area contributed by atoms with Crippen LogP contribution in [0.5, 0.6) is 0 Å². The van der Waals surface area contributed by atoms with Crippen LogP contribution in [0.25, 0.3) is 0 Å². The Balaban J connectivity index is 3.01. The first-order chi connectivity index (χ1) is 4.24. The van der Waals surface area contributed by atoms with E-state index in [1.807, 2.05) is 11.6 Å². The molecule has 0 unspecified atom stereocenters. The highest BCUT2D eigenvalue weighted by atomic mass is 127. The zero-order valence-corrected chi connectivity index (χ0v) is 9.12. The summed E-state index contributed by atoms with van der Waals surface area (Å²) < 4.78 is 3.64. The van der Waals surface area contributed by atoms with Crippen molar-refractivity contribution in [3.05, 3.63) is 7.66 Å². The Hall–Kier alpha value is 0.600. The number of rotatable bonds is 1. The minimum Gasteiger partial charge on any atom is -0.240 e. The normalized spacial score (nSPS) is 10.1. The van der Waals surface area contributed by atoms with Crippen LogP contribution in [0.2, 0.25) is 0 Å². The minimum atomic E-state index is 0.818. The fourth-order valence-electron chi connectivity index (χ4n) is 0.498. The van der Waals surface area contributed by atoms with E-state index in [9.17, 15) is 0 Å². The summed E-state index contributed by atoms with van der Waals surface area (Å²) in [6, 6.07) is 0. The predicted octanol–water partition coefficient (Wildman–Crippen LogP) is 1.51. The highest BCUT2D eigenvalue weighted by molar-refractivity contribution is 14.1. The molecule has 0 bridgehead atoms. The molecule has 0 aromatic carbocycles. The summed E-state index contributed by atoms with van der Waals surface area (Å²) in [5, 5.41) is 4.11. The lowest BCUT2D eigenvalue weighted by atomic mass is 10.8. The molecule has 0 aliphatic carbocycles. The molecule has 1 aromatic rings. The summed E-state index contributed by atoms with van der Waals surface area (Å²) in [5.41, 5.74) is 0. The van der Waals surface area contributed by atoms with Crippen LogP contribution >= 0.6 is 45.2 Å². The number of halogens is 2. The van der Waals surface area contributed by atoms with E-state index in [1.165, 1.54) is 0 Å². The van der Waals surface area contributed by atoms with Gasteiger partial charge in [0, 0.05) is 51.7 Å². The van der Waals surface area contributed by atoms with Gasteiger partial charge in [0.2, 0.25) is 3.83 Å². The van der Waals surface area contributed by atoms with Crippen LogP contribution in [0.1, 0.15) is 6.92 Å². The quantitative estimate of drug-likeness (QED) is 0.720. The smallest absolute Gasteiger partial charge is 0.212 e. The molecule has 0 saturated carbocycles. The fourth-order valence-corrected chi connectivity index (χ4v) is 2.13. The van der Waals surface area contributed by atoms with Crippen LogP contribution in [0.15, 0.2) is 0 Å². The number of nitrogens with zero attached hydrogens (tertiary/aromatic N) is 3. The summed E-state index contributed by atoms with van der Waals surface area (Å²) in [6.07, 6.45) is 0. The first-order valence-electron chi connectivity index (χ1n) is 2.50. The van der Waals surface area contributed by atoms with Crippen molar-refractivity contribution >= 4 is 45.2 Å². The first kappa shape index (κ1) is 7.70. The van der Waals surface area contributed by atoms with E-state index >= 15 is 0 Å². The highest BCUT2D eigenvalue weighted by Gasteiger charge is 2.00. The molecule has 0 fully saturated rings. The van der Waals surface area contributed by atoms with Crippen LogP contribution in [0, 0.1) is 7.66 Å². The molecule has 5 heteroatoms. The van der Waals surface area contributed by atoms with E-state index in [2.05, 4.69) is 55.3 Å². The molecule has 0 amide bonds. The molecule has 0 spiro atoms. The van der Waals surface area contributed by atoms with Crippen molar-refractivity contribution in [1.29, 1.82) is 0 Å². The average Bonchev–Trinajstić information content (AvgIpc) is 2.10. The van der Waals surface area contributed by atoms with Crippen LogP contribution < -0.4 is 0 Å². The Labute approximate surface area is 80.5 Å². The van der Waals surface area contributed by atoms with Gasteiger partial charge in [-0.15, -0.1) is 5.10 Å². The third kappa shape index (κ3) is 1.76. The average molecular weight is 349 g/mol. The maximum absolute atomic E-state index is 4.11. The van der Waals surface area contributed by atoms with Gasteiger partial charge in [-0.3, -0.25) is 0 Å². The van der Waals surface area contributed by atoms with Gasteiger partial charge in [0.25, 0.3) is 0 Å². The summed E-state index contributed by atoms with van der Waals surface area (Å²) in [6.45, 7) is 2.95. The second-order valence-electron chi connectivity index (χ2n) is 1.47. The molecule has 3 nitrogen and oxygen atoms in total. The standard InChI is InChI=1S/C4H5I2N3/c1-2-9-4(6)7-3(5)8-9/h2H2,1H3. The van der Waals surface area contributed by atoms with Gasteiger partial charge in [0.1, 0.15) is 0 Å². The van der Waals surface area contributed by atoms with Crippen molar-refractivity contribution in [3.8, 4) is 0 Å². The molecular formula is C4H5I2N3. The monoisotopic (exact) mass is 349 g/mol. The Bertz CT molecular complexity index is 208. The number of aromatic nitrogens is 3. The summed E-state index contributed by atoms with van der Waals surface area (Å²) in [5.74, 6) is 0. The third-order valence-electron chi connectivity index (χ3n) is 0.900. The van der Waals surface area contributed by atoms with Gasteiger partial charge in [0.05, 0.1) is 0 Å². The first-order valence-corrected chi connectivity index (χ1v) is 4.65. The SMILES string of the molecule is CCn1nc(I)nc1I. The molecular weight excluding hydrogens is 344 g/mol. The lowest BCUT2D eigenvalue weighted by Crippen LogP contribution is -1.98. The van der Waals surface area contributed by atoms with Gasteiger partial charge in [-0.2, -0.15) is 4.98 Å². The zero-order chi connectivity index (χ0) is 6.85. The lowest BCUT2D eigenvalue weighted by Gasteiger charge is -1.91. The van der Waals surface area contributed by atoms with Crippen LogP contribution in [-0.2, 0) is 6.54 Å². The highest BCUT2D eigenvalue weighted by Crippen LogP contribution is 2.03. The minimum absolute atomic E-state index is 0.818. The van der Waals surface area contributed by atoms with E-state index in [0.29, 0.717) is 0 Å². The molecule has 0 atom stereocenters. The van der Waals surface area contributed by atoms with Crippen molar-refractivity contribution in [1.82, 2.24) is 14.8 Å². The molecule has 0 aliphatic rings. The van der Waals surface area contributed by atoms with Gasteiger partial charge in [-0.1, -0.05) is 0 Å². The Kier molecular flexibility index (Phi) is 2.68. The van der Waals surface area contributed by atoms with Gasteiger partial charge in [-0.25, -0.2) is 4.68 Å². The third-order valence-corrected chi connectivity index (χ3v) is 2.16. The predicted molar refractivity (Wildman–Crippen MR) is 51.1 cm³/mol. The van der Waals surface area contributed by atoms with E-state index in [0.717, 1.165) is 14.2 Å². The molecule has 9 heavy (non-hydrogen) atoms. The Morgan fingerprint density at radius 2 is 2.22 bits per heavy atom. The summed E-state index contributed by atoms with van der Waals surface area (Å²) in [7, 11) is 0. The molecule has 1 rings (SSSR count). The molecule has 1 heterocycles. The molecule has 1 aromatic heterocycles. The van der Waals surface area contributed by atoms with E-state index in [-0.39, 0.29) is 0 Å². The lowest BCUT2D eigenvalue weighted by molar-refractivity contribution is 0.636. The van der Waals surface area contributed by atoms with Crippen molar-refractivity contribution in [2.45, 2.75) is 13.5 Å². The van der Waals surface area contributed by atoms with Gasteiger partial charge >= 0.3 is 0 Å². The van der Waals surface area contributed by atoms with Crippen LogP contribution in [0.4, 0.5) is 0 Å². The van der Waals surface area contributed by atoms with E-state index < -0.39 is 0 Å². The van der Waals surface area contributed by atoms with Crippen LogP contribution in [-0.4, -0.2) is 14.8 Å². The van der Waals surface area contributed by atoms with Crippen LogP contribution in [0.3, 0.4) is 0 Å². The largest absolute Gasteiger partial charge is 0.240 e. The van der Waals surface area contributed by atoms with Gasteiger partial charge < -0.3 is 0 Å². The topological polar surface area (TPSA) is 30.7 Å². The molecule has 50 valence electrons. The number of hydrogen-bond acceptors (Lipinski definition) is 2. The second-order valence-corrected chi connectivity index (χ2v) is 3.40. The second kappa shape index (κ2) is 3.13. The van der Waals surface area contributed by atoms with E-state index in [4.69, 9.17) is 0 Å². The van der Waals surface area contributed by atoms with Gasteiger partial charge in [0.15, 0.2) is 3.83 Å². The number of aryl methyl sites for hydroxylation is 1.